The van der Waals surface area contributed by atoms with Crippen LogP contribution in [0.1, 0.15) is 48.5 Å². The molecule has 1 atom stereocenters. The third-order valence-corrected chi connectivity index (χ3v) is 7.34. The van der Waals surface area contributed by atoms with Crippen LogP contribution in [0.4, 0.5) is 10.3 Å². The topological polar surface area (TPSA) is 85.7 Å². The van der Waals surface area contributed by atoms with Crippen LogP contribution in [-0.2, 0) is 9.53 Å². The molecule has 0 aliphatic carbocycles. The molecule has 9 heteroatoms. The molecule has 0 spiro atoms. The second kappa shape index (κ2) is 13.0. The summed E-state index contributed by atoms with van der Waals surface area (Å²) in [5, 5.41) is 2.92. The van der Waals surface area contributed by atoms with E-state index in [0.29, 0.717) is 29.7 Å². The molecule has 2 amide bonds. The van der Waals surface area contributed by atoms with Gasteiger partial charge in [0.05, 0.1) is 18.9 Å². The van der Waals surface area contributed by atoms with Gasteiger partial charge < -0.3 is 14.4 Å². The van der Waals surface area contributed by atoms with E-state index in [1.54, 1.807) is 7.11 Å². The van der Waals surface area contributed by atoms with E-state index in [4.69, 9.17) is 14.5 Å². The Morgan fingerprint density at radius 1 is 1.07 bits per heavy atom. The Morgan fingerprint density at radius 2 is 1.79 bits per heavy atom. The van der Waals surface area contributed by atoms with Crippen molar-refractivity contribution in [2.75, 3.05) is 32.1 Å². The molecule has 8 nitrogen and oxygen atoms in total. The number of hydrogen-bond donors (Lipinski definition) is 1. The molecule has 5 rings (SSSR count). The zero-order valence-corrected chi connectivity index (χ0v) is 24.0. The number of carbonyl (C=O) groups is 2. The van der Waals surface area contributed by atoms with Crippen LogP contribution in [0.2, 0.25) is 0 Å². The number of nitrogens with zero attached hydrogens (tertiary/aromatic N) is 3. The van der Waals surface area contributed by atoms with Crippen LogP contribution >= 0.6 is 0 Å². The molecule has 0 radical (unpaired) electrons. The molecule has 1 saturated heterocycles. The van der Waals surface area contributed by atoms with E-state index in [-0.39, 0.29) is 25.1 Å². The maximum atomic E-state index is 13.5. The molecule has 1 aliphatic rings. The van der Waals surface area contributed by atoms with Gasteiger partial charge in [-0.25, -0.2) is 9.37 Å². The number of rotatable bonds is 10. The Balaban J connectivity index is 1.42. The van der Waals surface area contributed by atoms with Gasteiger partial charge in [0, 0.05) is 36.2 Å². The summed E-state index contributed by atoms with van der Waals surface area (Å²) in [5.74, 6) is 0.227. The molecule has 218 valence electrons. The standard InChI is InChI=1S/C33H35FN4O4/c1-22(2)23-8-14-27(15-9-23)38-20-30(24-10-16-28(41-3)17-11-24)35-33(38)36-31(39)21-37(19-29-5-4-18-42-29)32(40)25-6-12-26(34)13-7-25/h6-17,20,22,29H,4-5,18-19,21H2,1-3H3,(H,35,36,39)/t29-/m1/s1. The summed E-state index contributed by atoms with van der Waals surface area (Å²) >= 11 is 0. The molecule has 1 N–H and O–H groups in total. The van der Waals surface area contributed by atoms with E-state index >= 15 is 0 Å². The predicted molar refractivity (Wildman–Crippen MR) is 160 cm³/mol. The molecule has 3 aromatic carbocycles. The molecule has 0 saturated carbocycles. The largest absolute Gasteiger partial charge is 0.497 e. The minimum Gasteiger partial charge on any atom is -0.497 e. The molecular weight excluding hydrogens is 535 g/mol. The first kappa shape index (κ1) is 29.0. The number of carbonyl (C=O) groups excluding carboxylic acids is 2. The fourth-order valence-electron chi connectivity index (χ4n) is 4.95. The molecule has 1 fully saturated rings. The number of hydrogen-bond acceptors (Lipinski definition) is 5. The maximum Gasteiger partial charge on any atom is 0.254 e. The lowest BCUT2D eigenvalue weighted by atomic mass is 10.0. The van der Waals surface area contributed by atoms with Crippen LogP contribution in [0, 0.1) is 5.82 Å². The third-order valence-electron chi connectivity index (χ3n) is 7.34. The summed E-state index contributed by atoms with van der Waals surface area (Å²) in [6.07, 6.45) is 3.41. The Labute approximate surface area is 245 Å². The highest BCUT2D eigenvalue weighted by atomic mass is 19.1. The average Bonchev–Trinajstić information content (AvgIpc) is 3.67. The molecule has 0 unspecified atom stereocenters. The SMILES string of the molecule is COc1ccc(-c2cn(-c3ccc(C(C)C)cc3)c(NC(=O)CN(C[C@H]3CCCO3)C(=O)c3ccc(F)cc3)n2)cc1. The van der Waals surface area contributed by atoms with Crippen molar-refractivity contribution in [3.8, 4) is 22.7 Å². The Bertz CT molecular complexity index is 1510. The molecule has 1 aliphatic heterocycles. The summed E-state index contributed by atoms with van der Waals surface area (Å²) in [7, 11) is 1.61. The second-order valence-corrected chi connectivity index (χ2v) is 10.7. The van der Waals surface area contributed by atoms with Crippen molar-refractivity contribution >= 4 is 17.8 Å². The number of ether oxygens (including phenoxy) is 2. The van der Waals surface area contributed by atoms with Crippen LogP contribution in [0.3, 0.4) is 0 Å². The van der Waals surface area contributed by atoms with Gasteiger partial charge in [0.25, 0.3) is 5.91 Å². The van der Waals surface area contributed by atoms with Gasteiger partial charge in [-0.1, -0.05) is 26.0 Å². The van der Waals surface area contributed by atoms with Gasteiger partial charge in [-0.05, 0) is 85.0 Å². The third kappa shape index (κ3) is 6.86. The number of halogens is 1. The highest BCUT2D eigenvalue weighted by Gasteiger charge is 2.26. The van der Waals surface area contributed by atoms with E-state index < -0.39 is 11.7 Å². The van der Waals surface area contributed by atoms with Crippen molar-refractivity contribution in [2.24, 2.45) is 0 Å². The number of methoxy groups -OCH3 is 1. The van der Waals surface area contributed by atoms with Crippen LogP contribution in [0.15, 0.2) is 79.0 Å². The number of anilines is 1. The zero-order valence-electron chi connectivity index (χ0n) is 24.0. The lowest BCUT2D eigenvalue weighted by Crippen LogP contribution is -2.42. The minimum atomic E-state index is -0.434. The molecular formula is C33H35FN4O4. The van der Waals surface area contributed by atoms with E-state index in [1.807, 2.05) is 47.2 Å². The van der Waals surface area contributed by atoms with E-state index in [0.717, 1.165) is 29.8 Å². The molecule has 1 aromatic heterocycles. The Hall–Kier alpha value is -4.50. The Morgan fingerprint density at radius 3 is 2.40 bits per heavy atom. The monoisotopic (exact) mass is 570 g/mol. The first-order valence-electron chi connectivity index (χ1n) is 14.1. The smallest absolute Gasteiger partial charge is 0.254 e. The summed E-state index contributed by atoms with van der Waals surface area (Å²) in [6.45, 7) is 4.93. The van der Waals surface area contributed by atoms with Crippen LogP contribution in [-0.4, -0.2) is 59.2 Å². The lowest BCUT2D eigenvalue weighted by Gasteiger charge is -2.25. The summed E-state index contributed by atoms with van der Waals surface area (Å²) in [5.41, 5.74) is 3.86. The summed E-state index contributed by atoms with van der Waals surface area (Å²) in [4.78, 5) is 33.1. The molecule has 2 heterocycles. The second-order valence-electron chi connectivity index (χ2n) is 10.7. The van der Waals surface area contributed by atoms with Crippen molar-refractivity contribution in [1.82, 2.24) is 14.5 Å². The minimum absolute atomic E-state index is 0.162. The number of imidazole rings is 1. The highest BCUT2D eigenvalue weighted by molar-refractivity contribution is 5.99. The van der Waals surface area contributed by atoms with Crippen LogP contribution in [0.5, 0.6) is 5.75 Å². The van der Waals surface area contributed by atoms with Gasteiger partial charge in [0.15, 0.2) is 0 Å². The highest BCUT2D eigenvalue weighted by Crippen LogP contribution is 2.27. The number of nitrogens with one attached hydrogen (secondary N) is 1. The fourth-order valence-corrected chi connectivity index (χ4v) is 4.95. The predicted octanol–water partition coefficient (Wildman–Crippen LogP) is 6.07. The number of benzene rings is 3. The van der Waals surface area contributed by atoms with Gasteiger partial charge in [-0.2, -0.15) is 0 Å². The van der Waals surface area contributed by atoms with Crippen molar-refractivity contribution in [3.63, 3.8) is 0 Å². The molecule has 4 aromatic rings. The summed E-state index contributed by atoms with van der Waals surface area (Å²) in [6, 6.07) is 20.9. The van der Waals surface area contributed by atoms with Crippen molar-refractivity contribution in [3.05, 3.63) is 95.9 Å². The lowest BCUT2D eigenvalue weighted by molar-refractivity contribution is -0.117. The first-order valence-corrected chi connectivity index (χ1v) is 14.1. The Kier molecular flexibility index (Phi) is 8.97. The average molecular weight is 571 g/mol. The van der Waals surface area contributed by atoms with Crippen molar-refractivity contribution in [1.29, 1.82) is 0 Å². The van der Waals surface area contributed by atoms with E-state index in [1.165, 1.54) is 34.7 Å². The summed E-state index contributed by atoms with van der Waals surface area (Å²) < 4.78 is 26.4. The molecule has 0 bridgehead atoms. The maximum absolute atomic E-state index is 13.5. The van der Waals surface area contributed by atoms with Gasteiger partial charge in [-0.15, -0.1) is 0 Å². The fraction of sp³-hybridized carbons (Fsp3) is 0.303. The van der Waals surface area contributed by atoms with Crippen molar-refractivity contribution < 1.29 is 23.5 Å². The zero-order chi connectivity index (χ0) is 29.6. The van der Waals surface area contributed by atoms with Crippen LogP contribution in [0.25, 0.3) is 16.9 Å². The van der Waals surface area contributed by atoms with Crippen molar-refractivity contribution in [2.45, 2.75) is 38.7 Å². The van der Waals surface area contributed by atoms with Crippen LogP contribution < -0.4 is 10.1 Å². The van der Waals surface area contributed by atoms with E-state index in [9.17, 15) is 14.0 Å². The number of aromatic nitrogens is 2. The normalized spacial score (nSPS) is 14.6. The van der Waals surface area contributed by atoms with Gasteiger partial charge in [0.2, 0.25) is 11.9 Å². The van der Waals surface area contributed by atoms with Gasteiger partial charge >= 0.3 is 0 Å². The number of amides is 2. The van der Waals surface area contributed by atoms with Gasteiger partial charge in [-0.3, -0.25) is 19.5 Å². The molecule has 42 heavy (non-hydrogen) atoms. The first-order chi connectivity index (χ1) is 20.3. The van der Waals surface area contributed by atoms with Gasteiger partial charge in [0.1, 0.15) is 18.1 Å². The quantitative estimate of drug-likeness (QED) is 0.250. The van der Waals surface area contributed by atoms with E-state index in [2.05, 4.69) is 31.3 Å².